The Kier molecular flexibility index (Phi) is 4.59. The van der Waals surface area contributed by atoms with E-state index in [1.807, 2.05) is 0 Å². The quantitative estimate of drug-likeness (QED) is 0.414. The van der Waals surface area contributed by atoms with Gasteiger partial charge in [0, 0.05) is 0 Å². The van der Waals surface area contributed by atoms with Gasteiger partial charge in [-0.25, -0.2) is 0 Å². The Hall–Kier alpha value is -0.350. The molecule has 1 saturated heterocycles. The summed E-state index contributed by atoms with van der Waals surface area (Å²) in [6, 6.07) is 0. The van der Waals surface area contributed by atoms with Crippen LogP contribution in [0.15, 0.2) is 23.8 Å². The fourth-order valence-electron chi connectivity index (χ4n) is 3.36. The summed E-state index contributed by atoms with van der Waals surface area (Å²) in [4.78, 5) is 0. The van der Waals surface area contributed by atoms with Crippen molar-refractivity contribution < 1.29 is 0 Å². The molecular formula is C15H24ClN3. The summed E-state index contributed by atoms with van der Waals surface area (Å²) < 4.78 is 0. The summed E-state index contributed by atoms with van der Waals surface area (Å²) >= 11 is 6.34. The molecule has 3 N–H and O–H groups in total. The van der Waals surface area contributed by atoms with Crippen LogP contribution in [0.5, 0.6) is 0 Å². The number of rotatable bonds is 2. The molecular weight excluding hydrogens is 258 g/mol. The van der Waals surface area contributed by atoms with Crippen molar-refractivity contribution in [3.63, 3.8) is 0 Å². The molecule has 0 aromatic rings. The van der Waals surface area contributed by atoms with E-state index < -0.39 is 0 Å². The van der Waals surface area contributed by atoms with Gasteiger partial charge in [0.25, 0.3) is 0 Å². The van der Waals surface area contributed by atoms with Gasteiger partial charge >= 0.3 is 0 Å². The van der Waals surface area contributed by atoms with Crippen molar-refractivity contribution in [2.75, 3.05) is 0 Å². The number of hydrogen-bond donors (Lipinski definition) is 3. The molecule has 19 heavy (non-hydrogen) atoms. The number of nitrogens with one attached hydrogen (secondary N) is 3. The second kappa shape index (κ2) is 6.40. The highest BCUT2D eigenvalue weighted by Gasteiger charge is 2.32. The van der Waals surface area contributed by atoms with Gasteiger partial charge < -0.3 is 0 Å². The monoisotopic (exact) mass is 281 g/mol. The lowest BCUT2D eigenvalue weighted by Crippen LogP contribution is -2.68. The Labute approximate surface area is 120 Å². The first-order chi connectivity index (χ1) is 9.33. The van der Waals surface area contributed by atoms with Crippen molar-refractivity contribution >= 4 is 11.6 Å². The van der Waals surface area contributed by atoms with Crippen LogP contribution in [0.3, 0.4) is 0 Å². The molecule has 0 spiro atoms. The molecule has 0 radical (unpaired) electrons. The zero-order valence-electron chi connectivity index (χ0n) is 11.4. The van der Waals surface area contributed by atoms with Gasteiger partial charge in [-0.3, -0.25) is 16.0 Å². The van der Waals surface area contributed by atoms with E-state index in [4.69, 9.17) is 11.6 Å². The lowest BCUT2D eigenvalue weighted by Gasteiger charge is -2.42. The summed E-state index contributed by atoms with van der Waals surface area (Å²) in [7, 11) is 0. The SMILES string of the molecule is ClC1NC(C2=CCCCC2)NC(C2CC=CCC2)N1. The number of halogens is 1. The molecule has 1 heterocycles. The number of allylic oxidation sites excluding steroid dienone is 3. The highest BCUT2D eigenvalue weighted by Crippen LogP contribution is 2.25. The van der Waals surface area contributed by atoms with Crippen LogP contribution in [0.2, 0.25) is 0 Å². The topological polar surface area (TPSA) is 36.1 Å². The summed E-state index contributed by atoms with van der Waals surface area (Å²) in [6.45, 7) is 0. The van der Waals surface area contributed by atoms with Crippen LogP contribution in [0.1, 0.15) is 44.9 Å². The van der Waals surface area contributed by atoms with Gasteiger partial charge in [-0.2, -0.15) is 0 Å². The first-order valence-corrected chi connectivity index (χ1v) is 8.03. The fraction of sp³-hybridized carbons (Fsp3) is 0.733. The van der Waals surface area contributed by atoms with E-state index >= 15 is 0 Å². The third kappa shape index (κ3) is 3.40. The van der Waals surface area contributed by atoms with Crippen LogP contribution in [0.25, 0.3) is 0 Å². The Morgan fingerprint density at radius 1 is 1.05 bits per heavy atom. The van der Waals surface area contributed by atoms with Gasteiger partial charge in [-0.15, -0.1) is 0 Å². The fourth-order valence-corrected chi connectivity index (χ4v) is 3.62. The molecule has 0 aromatic carbocycles. The van der Waals surface area contributed by atoms with E-state index in [1.54, 1.807) is 0 Å². The molecule has 0 amide bonds. The predicted molar refractivity (Wildman–Crippen MR) is 79.7 cm³/mol. The summed E-state index contributed by atoms with van der Waals surface area (Å²) in [5.41, 5.74) is 1.36. The standard InChI is InChI=1S/C15H24ClN3/c16-15-18-13(11-7-3-1-4-8-11)17-14(19-15)12-9-5-2-6-10-12/h1,3,9,11,13-15,17-19H,2,4-8,10H2. The van der Waals surface area contributed by atoms with Crippen LogP contribution in [-0.4, -0.2) is 18.0 Å². The van der Waals surface area contributed by atoms with Gasteiger partial charge in [-0.05, 0) is 56.4 Å². The van der Waals surface area contributed by atoms with Crippen LogP contribution >= 0.6 is 11.6 Å². The van der Waals surface area contributed by atoms with Crippen LogP contribution in [0, 0.1) is 5.92 Å². The van der Waals surface area contributed by atoms with Crippen molar-refractivity contribution in [2.45, 2.75) is 62.9 Å². The summed E-state index contributed by atoms with van der Waals surface area (Å²) in [6.07, 6.45) is 16.2. The molecule has 4 unspecified atom stereocenters. The van der Waals surface area contributed by atoms with Crippen molar-refractivity contribution in [1.82, 2.24) is 16.0 Å². The van der Waals surface area contributed by atoms with E-state index in [1.165, 1.54) is 44.1 Å². The second-order valence-corrected chi connectivity index (χ2v) is 6.28. The van der Waals surface area contributed by atoms with Crippen molar-refractivity contribution in [1.29, 1.82) is 0 Å². The molecule has 4 atom stereocenters. The zero-order valence-corrected chi connectivity index (χ0v) is 12.1. The van der Waals surface area contributed by atoms with Gasteiger partial charge in [0.05, 0.1) is 12.3 Å². The molecule has 3 nitrogen and oxygen atoms in total. The molecule has 3 aliphatic rings. The first kappa shape index (κ1) is 13.6. The van der Waals surface area contributed by atoms with E-state index in [-0.39, 0.29) is 11.8 Å². The van der Waals surface area contributed by atoms with Gasteiger partial charge in [-0.1, -0.05) is 29.8 Å². The first-order valence-electron chi connectivity index (χ1n) is 7.59. The van der Waals surface area contributed by atoms with Crippen LogP contribution < -0.4 is 16.0 Å². The molecule has 1 aliphatic heterocycles. The Morgan fingerprint density at radius 3 is 2.74 bits per heavy atom. The molecule has 4 heteroatoms. The summed E-state index contributed by atoms with van der Waals surface area (Å²) in [5, 5.41) is 10.6. The van der Waals surface area contributed by atoms with Gasteiger partial charge in [0.15, 0.2) is 0 Å². The van der Waals surface area contributed by atoms with Crippen molar-refractivity contribution in [3.05, 3.63) is 23.8 Å². The third-order valence-electron chi connectivity index (χ3n) is 4.46. The number of alkyl halides is 1. The van der Waals surface area contributed by atoms with Gasteiger partial charge in [0.2, 0.25) is 0 Å². The van der Waals surface area contributed by atoms with E-state index in [9.17, 15) is 0 Å². The normalized spacial score (nSPS) is 39.9. The smallest absolute Gasteiger partial charge is 0.137 e. The minimum Gasteiger partial charge on any atom is -0.283 e. The zero-order chi connectivity index (χ0) is 13.1. The maximum absolute atomic E-state index is 6.34. The van der Waals surface area contributed by atoms with Crippen LogP contribution in [-0.2, 0) is 0 Å². The third-order valence-corrected chi connectivity index (χ3v) is 4.72. The molecule has 2 aliphatic carbocycles. The van der Waals surface area contributed by atoms with E-state index in [0.29, 0.717) is 12.1 Å². The highest BCUT2D eigenvalue weighted by molar-refractivity contribution is 6.20. The lowest BCUT2D eigenvalue weighted by atomic mass is 9.90. The molecule has 106 valence electrons. The van der Waals surface area contributed by atoms with Crippen molar-refractivity contribution in [2.24, 2.45) is 5.92 Å². The maximum atomic E-state index is 6.34. The molecule has 0 bridgehead atoms. The molecule has 0 saturated carbocycles. The maximum Gasteiger partial charge on any atom is 0.137 e. The molecule has 3 rings (SSSR count). The lowest BCUT2D eigenvalue weighted by molar-refractivity contribution is 0.189. The minimum absolute atomic E-state index is 0.134. The number of hydrogen-bond acceptors (Lipinski definition) is 3. The molecule has 1 fully saturated rings. The molecule has 0 aromatic heterocycles. The van der Waals surface area contributed by atoms with E-state index in [2.05, 4.69) is 34.2 Å². The van der Waals surface area contributed by atoms with E-state index in [0.717, 1.165) is 6.42 Å². The highest BCUT2D eigenvalue weighted by atomic mass is 35.5. The average Bonchev–Trinajstić information content (AvgIpc) is 2.48. The Morgan fingerprint density at radius 2 is 2.00 bits per heavy atom. The van der Waals surface area contributed by atoms with Crippen molar-refractivity contribution in [3.8, 4) is 0 Å². The summed E-state index contributed by atoms with van der Waals surface area (Å²) in [5.74, 6) is 0.653. The predicted octanol–water partition coefficient (Wildman–Crippen LogP) is 2.80. The Bertz CT molecular complexity index is 366. The van der Waals surface area contributed by atoms with Gasteiger partial charge in [0.1, 0.15) is 5.62 Å². The van der Waals surface area contributed by atoms with Crippen LogP contribution in [0.4, 0.5) is 0 Å². The second-order valence-electron chi connectivity index (χ2n) is 5.84. The largest absolute Gasteiger partial charge is 0.283 e. The average molecular weight is 282 g/mol. The minimum atomic E-state index is -0.134. The Balaban J connectivity index is 1.66.